The molecular formula is C21H34N4O2. The number of fused-ring (bicyclic) bond motifs is 1. The second kappa shape index (κ2) is 10.9. The number of hydrogen-bond acceptors (Lipinski definition) is 3. The molecule has 27 heavy (non-hydrogen) atoms. The maximum atomic E-state index is 12.6. The fourth-order valence-corrected chi connectivity index (χ4v) is 3.57. The molecule has 0 atom stereocenters. The third-order valence-electron chi connectivity index (χ3n) is 5.24. The normalized spacial score (nSPS) is 11.3. The molecule has 2 rings (SSSR count). The smallest absolute Gasteiger partial charge is 0.328 e. The molecule has 0 radical (unpaired) electrons. The molecule has 0 fully saturated rings. The van der Waals surface area contributed by atoms with Crippen molar-refractivity contribution in [1.29, 1.82) is 0 Å². The first-order valence-corrected chi connectivity index (χ1v) is 10.3. The van der Waals surface area contributed by atoms with Gasteiger partial charge in [0.1, 0.15) is 0 Å². The van der Waals surface area contributed by atoms with Gasteiger partial charge in [-0.3, -0.25) is 13.9 Å². The number of rotatable bonds is 13. The van der Waals surface area contributed by atoms with Gasteiger partial charge < -0.3 is 4.57 Å². The fourth-order valence-electron chi connectivity index (χ4n) is 3.57. The molecule has 0 aliphatic heterocycles. The first-order chi connectivity index (χ1) is 13.1. The summed E-state index contributed by atoms with van der Waals surface area (Å²) in [6.07, 6.45) is 16.9. The van der Waals surface area contributed by atoms with Crippen LogP contribution in [0.15, 0.2) is 28.6 Å². The van der Waals surface area contributed by atoms with Gasteiger partial charge in [0.15, 0.2) is 11.2 Å². The number of unbranched alkanes of at least 4 members (excludes halogenated alkanes) is 10. The standard InChI is InChI=1S/C21H34N4O2/c1-4-5-6-7-8-9-10-11-12-13-14-15-16-25-20(26)18-19(22-17-23(18)2)24(3)21(25)27/h4,17H,1,5-16H2,2-3H3. The minimum atomic E-state index is -0.275. The second-order valence-corrected chi connectivity index (χ2v) is 7.44. The van der Waals surface area contributed by atoms with Crippen LogP contribution in [0.5, 0.6) is 0 Å². The molecule has 2 aromatic rings. The Kier molecular flexibility index (Phi) is 8.55. The molecule has 0 unspecified atom stereocenters. The SMILES string of the molecule is C=CCCCCCCCCCCCCn1c(=O)c2c(ncn2C)n(C)c1=O. The van der Waals surface area contributed by atoms with Gasteiger partial charge >= 0.3 is 5.69 Å². The summed E-state index contributed by atoms with van der Waals surface area (Å²) in [5.74, 6) is 0. The summed E-state index contributed by atoms with van der Waals surface area (Å²) in [7, 11) is 3.45. The Morgan fingerprint density at radius 3 is 2.07 bits per heavy atom. The van der Waals surface area contributed by atoms with Gasteiger partial charge in [-0.25, -0.2) is 9.78 Å². The highest BCUT2D eigenvalue weighted by molar-refractivity contribution is 5.69. The van der Waals surface area contributed by atoms with Crippen molar-refractivity contribution >= 4 is 11.2 Å². The minimum absolute atomic E-state index is 0.232. The van der Waals surface area contributed by atoms with Gasteiger partial charge in [-0.1, -0.05) is 57.4 Å². The van der Waals surface area contributed by atoms with Gasteiger partial charge in [0.05, 0.1) is 6.33 Å². The van der Waals surface area contributed by atoms with Crippen LogP contribution in [0.1, 0.15) is 70.6 Å². The summed E-state index contributed by atoms with van der Waals surface area (Å²) in [4.78, 5) is 29.2. The summed E-state index contributed by atoms with van der Waals surface area (Å²) in [5, 5.41) is 0. The summed E-state index contributed by atoms with van der Waals surface area (Å²) >= 11 is 0. The molecule has 0 spiro atoms. The van der Waals surface area contributed by atoms with Gasteiger partial charge in [-0.2, -0.15) is 0 Å². The molecule has 150 valence electrons. The summed E-state index contributed by atoms with van der Waals surface area (Å²) in [6.45, 7) is 4.23. The van der Waals surface area contributed by atoms with Gasteiger partial charge in [0.25, 0.3) is 5.56 Å². The van der Waals surface area contributed by atoms with Gasteiger partial charge in [0, 0.05) is 20.6 Å². The molecule has 2 heterocycles. The molecule has 6 heteroatoms. The lowest BCUT2D eigenvalue weighted by Gasteiger charge is -2.08. The van der Waals surface area contributed by atoms with Gasteiger partial charge in [-0.05, 0) is 19.3 Å². The zero-order valence-corrected chi connectivity index (χ0v) is 17.0. The molecule has 0 aliphatic rings. The van der Waals surface area contributed by atoms with E-state index in [0.29, 0.717) is 17.7 Å². The van der Waals surface area contributed by atoms with E-state index in [1.165, 1.54) is 60.5 Å². The van der Waals surface area contributed by atoms with E-state index in [1.807, 2.05) is 6.08 Å². The maximum Gasteiger partial charge on any atom is 0.332 e. The van der Waals surface area contributed by atoms with Crippen molar-refractivity contribution in [3.05, 3.63) is 39.8 Å². The van der Waals surface area contributed by atoms with E-state index in [2.05, 4.69) is 11.6 Å². The Morgan fingerprint density at radius 2 is 1.48 bits per heavy atom. The van der Waals surface area contributed by atoms with Crippen LogP contribution in [0.25, 0.3) is 11.2 Å². The molecule has 0 N–H and O–H groups in total. The largest absolute Gasteiger partial charge is 0.332 e. The average Bonchev–Trinajstić information content (AvgIpc) is 3.05. The van der Waals surface area contributed by atoms with E-state index < -0.39 is 0 Å². The van der Waals surface area contributed by atoms with Crippen molar-refractivity contribution in [2.24, 2.45) is 14.1 Å². The highest BCUT2D eigenvalue weighted by atomic mass is 16.2. The van der Waals surface area contributed by atoms with Crippen molar-refractivity contribution in [2.75, 3.05) is 0 Å². The molecule has 0 aromatic carbocycles. The topological polar surface area (TPSA) is 61.8 Å². The number of imidazole rings is 1. The number of allylic oxidation sites excluding steroid dienone is 1. The van der Waals surface area contributed by atoms with Gasteiger partial charge in [0.2, 0.25) is 0 Å². The van der Waals surface area contributed by atoms with E-state index in [1.54, 1.807) is 25.0 Å². The van der Waals surface area contributed by atoms with E-state index in [4.69, 9.17) is 0 Å². The second-order valence-electron chi connectivity index (χ2n) is 7.44. The monoisotopic (exact) mass is 374 g/mol. The Hall–Kier alpha value is -2.11. The van der Waals surface area contributed by atoms with Crippen molar-refractivity contribution in [3.8, 4) is 0 Å². The highest BCUT2D eigenvalue weighted by Crippen LogP contribution is 2.11. The van der Waals surface area contributed by atoms with Gasteiger partial charge in [-0.15, -0.1) is 6.58 Å². The first kappa shape index (κ1) is 21.2. The lowest BCUT2D eigenvalue weighted by atomic mass is 10.1. The van der Waals surface area contributed by atoms with Crippen LogP contribution in [0.3, 0.4) is 0 Å². The summed E-state index contributed by atoms with van der Waals surface area (Å²) in [5.41, 5.74) is 0.436. The van der Waals surface area contributed by atoms with Crippen molar-refractivity contribution < 1.29 is 0 Å². The molecule has 0 saturated carbocycles. The number of aryl methyl sites for hydroxylation is 2. The zero-order chi connectivity index (χ0) is 19.6. The lowest BCUT2D eigenvalue weighted by Crippen LogP contribution is -2.39. The molecule has 6 nitrogen and oxygen atoms in total. The lowest BCUT2D eigenvalue weighted by molar-refractivity contribution is 0.514. The van der Waals surface area contributed by atoms with E-state index >= 15 is 0 Å². The predicted octanol–water partition coefficient (Wildman–Crippen LogP) is 3.91. The van der Waals surface area contributed by atoms with Crippen LogP contribution in [0.4, 0.5) is 0 Å². The Labute approximate surface area is 161 Å². The van der Waals surface area contributed by atoms with Crippen LogP contribution in [0, 0.1) is 0 Å². The van der Waals surface area contributed by atoms with E-state index in [0.717, 1.165) is 19.3 Å². The van der Waals surface area contributed by atoms with E-state index in [-0.39, 0.29) is 11.2 Å². The van der Waals surface area contributed by atoms with Crippen molar-refractivity contribution in [2.45, 2.75) is 77.2 Å². The Bertz CT molecular complexity index is 844. The maximum absolute atomic E-state index is 12.6. The molecule has 2 aromatic heterocycles. The van der Waals surface area contributed by atoms with Crippen LogP contribution in [-0.4, -0.2) is 18.7 Å². The third-order valence-corrected chi connectivity index (χ3v) is 5.24. The number of aromatic nitrogens is 4. The first-order valence-electron chi connectivity index (χ1n) is 10.3. The fraction of sp³-hybridized carbons (Fsp3) is 0.667. The van der Waals surface area contributed by atoms with Crippen molar-refractivity contribution in [1.82, 2.24) is 18.7 Å². The Balaban J connectivity index is 1.69. The van der Waals surface area contributed by atoms with Crippen molar-refractivity contribution in [3.63, 3.8) is 0 Å². The van der Waals surface area contributed by atoms with Crippen LogP contribution < -0.4 is 11.2 Å². The van der Waals surface area contributed by atoms with Crippen LogP contribution >= 0.6 is 0 Å². The predicted molar refractivity (Wildman–Crippen MR) is 111 cm³/mol. The highest BCUT2D eigenvalue weighted by Gasteiger charge is 2.14. The van der Waals surface area contributed by atoms with Crippen LogP contribution in [-0.2, 0) is 20.6 Å². The zero-order valence-electron chi connectivity index (χ0n) is 17.0. The van der Waals surface area contributed by atoms with Crippen LogP contribution in [0.2, 0.25) is 0 Å². The summed E-state index contributed by atoms with van der Waals surface area (Å²) in [6, 6.07) is 0. The third kappa shape index (κ3) is 5.68. The number of hydrogen-bond donors (Lipinski definition) is 0. The van der Waals surface area contributed by atoms with E-state index in [9.17, 15) is 9.59 Å². The molecule has 0 saturated heterocycles. The molecule has 0 amide bonds. The molecule has 0 aliphatic carbocycles. The quantitative estimate of drug-likeness (QED) is 0.394. The molecular weight excluding hydrogens is 340 g/mol. The minimum Gasteiger partial charge on any atom is -0.328 e. The number of nitrogens with zero attached hydrogens (tertiary/aromatic N) is 4. The average molecular weight is 375 g/mol. The summed E-state index contributed by atoms with van der Waals surface area (Å²) < 4.78 is 4.50. The Morgan fingerprint density at radius 1 is 0.926 bits per heavy atom. The molecule has 0 bridgehead atoms.